The molecule has 3 rings (SSSR count). The summed E-state index contributed by atoms with van der Waals surface area (Å²) >= 11 is 1.44. The van der Waals surface area contributed by atoms with Gasteiger partial charge in [0.15, 0.2) is 11.0 Å². The van der Waals surface area contributed by atoms with Crippen molar-refractivity contribution in [2.24, 2.45) is 0 Å². The normalized spacial score (nSPS) is 12.1. The van der Waals surface area contributed by atoms with Crippen LogP contribution in [0, 0.1) is 0 Å². The molecule has 6 nitrogen and oxygen atoms in total. The summed E-state index contributed by atoms with van der Waals surface area (Å²) in [5.41, 5.74) is 2.28. The number of aromatic nitrogens is 3. The zero-order valence-corrected chi connectivity index (χ0v) is 18.7. The quantitative estimate of drug-likeness (QED) is 0.491. The van der Waals surface area contributed by atoms with E-state index in [1.54, 1.807) is 0 Å². The second-order valence-corrected chi connectivity index (χ2v) is 8.44. The van der Waals surface area contributed by atoms with Crippen LogP contribution in [0.15, 0.2) is 65.8 Å². The Balaban J connectivity index is 1.71. The van der Waals surface area contributed by atoms with E-state index < -0.39 is 0 Å². The maximum absolute atomic E-state index is 12.4. The Morgan fingerprint density at radius 2 is 1.67 bits per heavy atom. The highest BCUT2D eigenvalue weighted by molar-refractivity contribution is 7.99. The summed E-state index contributed by atoms with van der Waals surface area (Å²) < 4.78 is 2.16. The number of benzene rings is 2. The highest BCUT2D eigenvalue weighted by Gasteiger charge is 2.25. The SMILES string of the molecule is CC[C@@H](c1nnc(SCC(=O)NCc2ccccc2)n1Cc1ccccc1)[NH+](C)C. The number of hydrogen-bond donors (Lipinski definition) is 2. The monoisotopic (exact) mass is 424 g/mol. The van der Waals surface area contributed by atoms with Gasteiger partial charge in [0.05, 0.1) is 26.4 Å². The van der Waals surface area contributed by atoms with Crippen LogP contribution in [0.3, 0.4) is 0 Å². The smallest absolute Gasteiger partial charge is 0.230 e. The number of carbonyl (C=O) groups excluding carboxylic acids is 1. The number of thioether (sulfide) groups is 1. The van der Waals surface area contributed by atoms with Crippen LogP contribution in [0.4, 0.5) is 0 Å². The number of rotatable bonds is 10. The largest absolute Gasteiger partial charge is 0.351 e. The van der Waals surface area contributed by atoms with E-state index >= 15 is 0 Å². The molecule has 0 bridgehead atoms. The summed E-state index contributed by atoms with van der Waals surface area (Å²) in [6.45, 7) is 3.40. The van der Waals surface area contributed by atoms with Gasteiger partial charge >= 0.3 is 0 Å². The average molecular weight is 425 g/mol. The van der Waals surface area contributed by atoms with Crippen molar-refractivity contribution in [2.75, 3.05) is 19.8 Å². The van der Waals surface area contributed by atoms with E-state index in [1.807, 2.05) is 48.5 Å². The number of amides is 1. The van der Waals surface area contributed by atoms with Crippen LogP contribution in [0.2, 0.25) is 0 Å². The molecule has 0 fully saturated rings. The molecular formula is C23H30N5OS+. The van der Waals surface area contributed by atoms with Gasteiger partial charge in [-0.1, -0.05) is 79.3 Å². The van der Waals surface area contributed by atoms with Gasteiger partial charge in [-0.25, -0.2) is 0 Å². The third-order valence-corrected chi connectivity index (χ3v) is 5.98. The van der Waals surface area contributed by atoms with Gasteiger partial charge < -0.3 is 10.2 Å². The van der Waals surface area contributed by atoms with Crippen LogP contribution in [0.5, 0.6) is 0 Å². The molecule has 158 valence electrons. The second-order valence-electron chi connectivity index (χ2n) is 7.50. The van der Waals surface area contributed by atoms with Gasteiger partial charge in [-0.2, -0.15) is 0 Å². The molecule has 30 heavy (non-hydrogen) atoms. The van der Waals surface area contributed by atoms with E-state index in [1.165, 1.54) is 22.2 Å². The minimum Gasteiger partial charge on any atom is -0.351 e. The standard InChI is InChI=1S/C23H29N5OS/c1-4-20(27(2)3)22-25-26-23(28(22)16-19-13-9-6-10-14-19)30-17-21(29)24-15-18-11-7-5-8-12-18/h5-14,20H,4,15-17H2,1-3H3,(H,24,29)/p+1/t20-/m0/s1. The van der Waals surface area contributed by atoms with Gasteiger partial charge in [0.25, 0.3) is 0 Å². The van der Waals surface area contributed by atoms with E-state index in [9.17, 15) is 4.79 Å². The van der Waals surface area contributed by atoms with Crippen molar-refractivity contribution in [3.05, 3.63) is 77.6 Å². The van der Waals surface area contributed by atoms with E-state index in [-0.39, 0.29) is 11.9 Å². The summed E-state index contributed by atoms with van der Waals surface area (Å²) in [6.07, 6.45) is 0.970. The molecule has 0 aliphatic heterocycles. The van der Waals surface area contributed by atoms with Crippen molar-refractivity contribution >= 4 is 17.7 Å². The zero-order valence-electron chi connectivity index (χ0n) is 17.8. The molecule has 1 amide bonds. The second kappa shape index (κ2) is 10.9. The average Bonchev–Trinajstić information content (AvgIpc) is 3.14. The predicted molar refractivity (Wildman–Crippen MR) is 120 cm³/mol. The molecule has 7 heteroatoms. The first-order valence-electron chi connectivity index (χ1n) is 10.3. The van der Waals surface area contributed by atoms with Gasteiger partial charge in [0.1, 0.15) is 6.04 Å². The summed E-state index contributed by atoms with van der Waals surface area (Å²) in [5.74, 6) is 1.27. The molecule has 0 unspecified atom stereocenters. The number of nitrogens with one attached hydrogen (secondary N) is 2. The lowest BCUT2D eigenvalue weighted by molar-refractivity contribution is -0.893. The Hall–Kier alpha value is -2.64. The summed E-state index contributed by atoms with van der Waals surface area (Å²) in [4.78, 5) is 13.7. The fraction of sp³-hybridized carbons (Fsp3) is 0.348. The van der Waals surface area contributed by atoms with E-state index in [2.05, 4.69) is 53.2 Å². The Morgan fingerprint density at radius 1 is 1.03 bits per heavy atom. The fourth-order valence-electron chi connectivity index (χ4n) is 3.41. The minimum atomic E-state index is -0.00931. The molecular weight excluding hydrogens is 394 g/mol. The first kappa shape index (κ1) is 22.1. The Bertz CT molecular complexity index is 927. The van der Waals surface area contributed by atoms with Crippen molar-refractivity contribution in [2.45, 2.75) is 37.6 Å². The number of quaternary nitrogens is 1. The van der Waals surface area contributed by atoms with Gasteiger partial charge in [-0.15, -0.1) is 10.2 Å². The predicted octanol–water partition coefficient (Wildman–Crippen LogP) is 2.33. The van der Waals surface area contributed by atoms with Crippen molar-refractivity contribution in [1.82, 2.24) is 20.1 Å². The van der Waals surface area contributed by atoms with Crippen molar-refractivity contribution < 1.29 is 9.69 Å². The van der Waals surface area contributed by atoms with Crippen molar-refractivity contribution in [3.63, 3.8) is 0 Å². The zero-order chi connectivity index (χ0) is 21.3. The molecule has 0 radical (unpaired) electrons. The van der Waals surface area contributed by atoms with E-state index in [0.717, 1.165) is 23.0 Å². The molecule has 0 saturated carbocycles. The van der Waals surface area contributed by atoms with Crippen LogP contribution in [-0.2, 0) is 17.9 Å². The minimum absolute atomic E-state index is 0.00931. The van der Waals surface area contributed by atoms with Crippen LogP contribution in [0.1, 0.15) is 36.3 Å². The molecule has 0 saturated heterocycles. The molecule has 1 aromatic heterocycles. The lowest BCUT2D eigenvalue weighted by atomic mass is 10.2. The summed E-state index contributed by atoms with van der Waals surface area (Å²) in [5, 5.41) is 12.7. The number of nitrogens with zero attached hydrogens (tertiary/aromatic N) is 3. The lowest BCUT2D eigenvalue weighted by Gasteiger charge is -2.20. The summed E-state index contributed by atoms with van der Waals surface area (Å²) in [6, 6.07) is 20.5. The van der Waals surface area contributed by atoms with Gasteiger partial charge in [0.2, 0.25) is 5.91 Å². The number of hydrogen-bond acceptors (Lipinski definition) is 4. The molecule has 1 heterocycles. The first-order valence-corrected chi connectivity index (χ1v) is 11.3. The first-order chi connectivity index (χ1) is 14.6. The van der Waals surface area contributed by atoms with E-state index in [4.69, 9.17) is 0 Å². The molecule has 2 N–H and O–H groups in total. The topological polar surface area (TPSA) is 64.2 Å². The third kappa shape index (κ3) is 5.93. The molecule has 0 spiro atoms. The van der Waals surface area contributed by atoms with Crippen LogP contribution in [0.25, 0.3) is 0 Å². The fourth-order valence-corrected chi connectivity index (χ4v) is 4.18. The maximum atomic E-state index is 12.4. The molecule has 2 aromatic carbocycles. The van der Waals surface area contributed by atoms with Crippen molar-refractivity contribution in [3.8, 4) is 0 Å². The third-order valence-electron chi connectivity index (χ3n) is 5.01. The highest BCUT2D eigenvalue weighted by atomic mass is 32.2. The Morgan fingerprint density at radius 3 is 2.27 bits per heavy atom. The van der Waals surface area contributed by atoms with Crippen LogP contribution in [-0.4, -0.2) is 40.5 Å². The lowest BCUT2D eigenvalue weighted by Crippen LogP contribution is -3.06. The maximum Gasteiger partial charge on any atom is 0.230 e. The van der Waals surface area contributed by atoms with Gasteiger partial charge in [0, 0.05) is 13.0 Å². The highest BCUT2D eigenvalue weighted by Crippen LogP contribution is 2.22. The van der Waals surface area contributed by atoms with Crippen LogP contribution < -0.4 is 10.2 Å². The molecule has 1 atom stereocenters. The Labute approximate surface area is 182 Å². The molecule has 0 aliphatic carbocycles. The van der Waals surface area contributed by atoms with Gasteiger partial charge in [-0.05, 0) is 11.1 Å². The molecule has 3 aromatic rings. The summed E-state index contributed by atoms with van der Waals surface area (Å²) in [7, 11) is 4.28. The Kier molecular flexibility index (Phi) is 8.04. The van der Waals surface area contributed by atoms with Gasteiger partial charge in [-0.3, -0.25) is 9.36 Å². The molecule has 0 aliphatic rings. The van der Waals surface area contributed by atoms with Crippen LogP contribution >= 0.6 is 11.8 Å². The van der Waals surface area contributed by atoms with Crippen molar-refractivity contribution in [1.29, 1.82) is 0 Å². The van der Waals surface area contributed by atoms with E-state index in [0.29, 0.717) is 18.8 Å². The number of carbonyl (C=O) groups is 1.